The van der Waals surface area contributed by atoms with Crippen molar-refractivity contribution in [3.05, 3.63) is 60.8 Å². The first-order chi connectivity index (χ1) is 61.5. The van der Waals surface area contributed by atoms with E-state index in [1.807, 2.05) is 12.2 Å². The van der Waals surface area contributed by atoms with Gasteiger partial charge in [-0.1, -0.05) is 700 Å². The highest BCUT2D eigenvalue weighted by Crippen LogP contribution is 2.25. The van der Waals surface area contributed by atoms with E-state index in [-0.39, 0.29) is 0 Å². The number of unbranched alkanes of at least 4 members (excludes halogenated alkanes) is 97. The zero-order chi connectivity index (χ0) is 90.4. The van der Waals surface area contributed by atoms with Gasteiger partial charge in [-0.15, -0.1) is 13.2 Å². The molecule has 0 amide bonds. The minimum absolute atomic E-state index is 1.21. The summed E-state index contributed by atoms with van der Waals surface area (Å²) in [5, 5.41) is 0. The monoisotopic (exact) mass is 1740 g/mol. The molecule has 0 saturated carbocycles. The second-order valence-corrected chi connectivity index (χ2v) is 40.6. The van der Waals surface area contributed by atoms with Gasteiger partial charge in [0.05, 0.1) is 0 Å². The van der Waals surface area contributed by atoms with E-state index >= 15 is 0 Å². The van der Waals surface area contributed by atoms with Crippen LogP contribution in [0.5, 0.6) is 0 Å². The van der Waals surface area contributed by atoms with Crippen LogP contribution in [0, 0.1) is 0 Å². The Bertz CT molecular complexity index is 1810. The highest BCUT2D eigenvalue weighted by Gasteiger charge is 2.05. The largest absolute Gasteiger partial charge is 0.103 e. The van der Waals surface area contributed by atoms with Crippen LogP contribution in [0.2, 0.25) is 0 Å². The maximum absolute atomic E-state index is 3.77. The Morgan fingerprint density at radius 1 is 0.145 bits per heavy atom. The summed E-state index contributed by atoms with van der Waals surface area (Å²) >= 11 is 0. The van der Waals surface area contributed by atoms with Crippen LogP contribution < -0.4 is 0 Å². The average Bonchev–Trinajstić information content (AvgIpc) is 0.973. The molecule has 0 heterocycles. The van der Waals surface area contributed by atoms with Crippen LogP contribution in [0.15, 0.2) is 60.8 Å². The minimum atomic E-state index is 1.21. The van der Waals surface area contributed by atoms with Crippen molar-refractivity contribution in [1.82, 2.24) is 0 Å². The first-order valence-corrected chi connectivity index (χ1v) is 59.7. The Labute approximate surface area is 791 Å². The molecule has 0 radical (unpaired) electrons. The SMILES string of the molecule is C=CCCCCCCCCCCCCCCCCCCCC.C=CCCCCCCCCCCCCCCCCCCCC.CC=CCCCCCCCCCCCCCCCCCCCCCCCCCCC.CCCCCCCCCCCCCCCCCCCCCCCCCCC(=CC=C(CC)CCCCCCCCCCCCCCCC)CC. The molecule has 0 atom stereocenters. The molecule has 0 saturated heterocycles. The summed E-state index contributed by atoms with van der Waals surface area (Å²) in [5.74, 6) is 0. The summed E-state index contributed by atoms with van der Waals surface area (Å²) in [6.07, 6.45) is 167. The molecule has 0 rings (SSSR count). The molecular formula is C124H246. The van der Waals surface area contributed by atoms with Crippen molar-refractivity contribution >= 4 is 0 Å². The van der Waals surface area contributed by atoms with Crippen LogP contribution in [-0.4, -0.2) is 0 Å². The van der Waals surface area contributed by atoms with Crippen LogP contribution in [0.4, 0.5) is 0 Å². The third-order valence-electron chi connectivity index (χ3n) is 27.9. The Kier molecular flexibility index (Phi) is 135. The Hall–Kier alpha value is -1.30. The van der Waals surface area contributed by atoms with Gasteiger partial charge in [0.2, 0.25) is 0 Å². The van der Waals surface area contributed by atoms with Gasteiger partial charge in [-0.05, 0) is 84.0 Å². The van der Waals surface area contributed by atoms with Crippen molar-refractivity contribution in [2.45, 2.75) is 736 Å². The van der Waals surface area contributed by atoms with E-state index in [0.717, 1.165) is 0 Å². The standard InChI is InChI=1S/C50H98.C30H60.2C22H44/c1-5-9-11-13-15-17-19-21-23-24-25-26-27-28-29-30-31-32-34-36-38-40-42-44-46-50(8-4)48-47-49(7-3)45-43-41-39-37-35-33-22-20-18-16-14-12-10-6-2;1-3-5-7-9-11-13-15-17-19-21-23-25-27-29-30-28-26-24-22-20-18-16-14-12-10-8-6-4-2;2*1-3-5-7-9-11-13-15-17-19-21-22-20-18-16-14-12-10-8-6-4-2/h47-48H,5-46H2,1-4H3;3,5H,4,6-30H2,1-2H3;2*3H,1,4-22H2,2H3. The number of hydrogen-bond donors (Lipinski definition) is 0. The van der Waals surface area contributed by atoms with Gasteiger partial charge >= 0.3 is 0 Å². The fourth-order valence-electron chi connectivity index (χ4n) is 18.8. The topological polar surface area (TPSA) is 0 Å². The number of allylic oxidation sites excluding steroid dienone is 8. The van der Waals surface area contributed by atoms with Gasteiger partial charge in [0.25, 0.3) is 0 Å². The zero-order valence-electron chi connectivity index (χ0n) is 88.8. The average molecular weight is 1740 g/mol. The highest BCUT2D eigenvalue weighted by atomic mass is 14.1. The molecule has 0 heteroatoms. The smallest absolute Gasteiger partial charge is 0.0317 e. The van der Waals surface area contributed by atoms with Gasteiger partial charge in [-0.3, -0.25) is 0 Å². The lowest BCUT2D eigenvalue weighted by Gasteiger charge is -2.07. The fraction of sp³-hybridized carbons (Fsp3) is 0.919. The van der Waals surface area contributed by atoms with Crippen molar-refractivity contribution in [2.75, 3.05) is 0 Å². The highest BCUT2D eigenvalue weighted by molar-refractivity contribution is 5.17. The van der Waals surface area contributed by atoms with E-state index in [2.05, 4.69) is 92.9 Å². The maximum Gasteiger partial charge on any atom is -0.0317 e. The Balaban J connectivity index is -0.000000829. The van der Waals surface area contributed by atoms with E-state index in [9.17, 15) is 0 Å². The predicted molar refractivity (Wildman–Crippen MR) is 580 cm³/mol. The molecule has 0 aromatic heterocycles. The third kappa shape index (κ3) is 131. The normalized spacial score (nSPS) is 11.7. The molecule has 0 aliphatic rings. The van der Waals surface area contributed by atoms with Gasteiger partial charge in [-0.25, -0.2) is 0 Å². The first kappa shape index (κ1) is 129. The Morgan fingerprint density at radius 2 is 0.258 bits per heavy atom. The second-order valence-electron chi connectivity index (χ2n) is 40.6. The van der Waals surface area contributed by atoms with E-state index in [1.54, 1.807) is 11.1 Å². The lowest BCUT2D eigenvalue weighted by molar-refractivity contribution is 0.516. The van der Waals surface area contributed by atoms with Crippen molar-refractivity contribution in [2.24, 2.45) is 0 Å². The van der Waals surface area contributed by atoms with Crippen LogP contribution in [0.25, 0.3) is 0 Å². The molecule has 0 aliphatic heterocycles. The molecule has 124 heavy (non-hydrogen) atoms. The van der Waals surface area contributed by atoms with E-state index in [0.29, 0.717) is 0 Å². The molecule has 0 aromatic carbocycles. The van der Waals surface area contributed by atoms with Crippen molar-refractivity contribution < 1.29 is 0 Å². The fourth-order valence-corrected chi connectivity index (χ4v) is 18.8. The third-order valence-corrected chi connectivity index (χ3v) is 27.9. The van der Waals surface area contributed by atoms with E-state index in [4.69, 9.17) is 0 Å². The molecule has 0 aliphatic carbocycles. The van der Waals surface area contributed by atoms with Crippen molar-refractivity contribution in [3.63, 3.8) is 0 Å². The van der Waals surface area contributed by atoms with Gasteiger partial charge in [0, 0.05) is 0 Å². The maximum atomic E-state index is 3.77. The van der Waals surface area contributed by atoms with Crippen molar-refractivity contribution in [3.8, 4) is 0 Å². The van der Waals surface area contributed by atoms with Gasteiger partial charge in [-0.2, -0.15) is 0 Å². The van der Waals surface area contributed by atoms with Crippen LogP contribution >= 0.6 is 0 Å². The summed E-state index contributed by atoms with van der Waals surface area (Å²) in [4.78, 5) is 0. The summed E-state index contributed by atoms with van der Waals surface area (Å²) in [5.41, 5.74) is 3.35. The summed E-state index contributed by atoms with van der Waals surface area (Å²) in [6, 6.07) is 0. The molecule has 742 valence electrons. The molecule has 0 aromatic rings. The molecule has 0 bridgehead atoms. The quantitative estimate of drug-likeness (QED) is 0.0323. The molecule has 0 N–H and O–H groups in total. The molecule has 0 spiro atoms. The molecule has 0 nitrogen and oxygen atoms in total. The van der Waals surface area contributed by atoms with Gasteiger partial charge in [0.15, 0.2) is 0 Å². The predicted octanol–water partition coefficient (Wildman–Crippen LogP) is 48.2. The lowest BCUT2D eigenvalue weighted by atomic mass is 9.99. The summed E-state index contributed by atoms with van der Waals surface area (Å²) in [7, 11) is 0. The lowest BCUT2D eigenvalue weighted by Crippen LogP contribution is -1.87. The van der Waals surface area contributed by atoms with Crippen molar-refractivity contribution in [1.29, 1.82) is 0 Å². The summed E-state index contributed by atoms with van der Waals surface area (Å²) in [6.45, 7) is 25.9. The van der Waals surface area contributed by atoms with Crippen LogP contribution in [0.1, 0.15) is 736 Å². The van der Waals surface area contributed by atoms with Crippen LogP contribution in [0.3, 0.4) is 0 Å². The minimum Gasteiger partial charge on any atom is -0.103 e. The Morgan fingerprint density at radius 3 is 0.371 bits per heavy atom. The zero-order valence-corrected chi connectivity index (χ0v) is 88.8. The van der Waals surface area contributed by atoms with Crippen LogP contribution in [-0.2, 0) is 0 Å². The van der Waals surface area contributed by atoms with E-state index in [1.165, 1.54) is 681 Å². The molecular weight excluding hydrogens is 1490 g/mol. The molecule has 0 unspecified atom stereocenters. The number of hydrogen-bond acceptors (Lipinski definition) is 0. The number of rotatable bonds is 107. The first-order valence-electron chi connectivity index (χ1n) is 59.7. The van der Waals surface area contributed by atoms with Gasteiger partial charge < -0.3 is 0 Å². The van der Waals surface area contributed by atoms with Gasteiger partial charge in [0.1, 0.15) is 0 Å². The second kappa shape index (κ2) is 130. The van der Waals surface area contributed by atoms with E-state index < -0.39 is 0 Å². The molecule has 0 fully saturated rings. The summed E-state index contributed by atoms with van der Waals surface area (Å²) < 4.78 is 0.